The number of hydrogen-bond acceptors (Lipinski definition) is 5. The van der Waals surface area contributed by atoms with E-state index in [0.717, 1.165) is 0 Å². The van der Waals surface area contributed by atoms with Crippen molar-refractivity contribution in [1.82, 2.24) is 4.90 Å². The molecule has 1 aromatic rings. The first-order valence-electron chi connectivity index (χ1n) is 6.35. The predicted molar refractivity (Wildman–Crippen MR) is 79.8 cm³/mol. The number of aliphatic hydroxyl groups excluding tert-OH is 1. The van der Waals surface area contributed by atoms with Crippen LogP contribution < -0.4 is 15.8 Å². The van der Waals surface area contributed by atoms with E-state index in [-0.39, 0.29) is 19.1 Å². The molecule has 0 aliphatic heterocycles. The number of likely N-dealkylation sites (N-methyl/N-ethyl adjacent to an activating group) is 1. The number of nitrogen functional groups attached to an aromatic ring is 1. The number of aliphatic hydroxyl groups is 1. The van der Waals surface area contributed by atoms with Crippen LogP contribution in [0.2, 0.25) is 0 Å². The van der Waals surface area contributed by atoms with Crippen molar-refractivity contribution < 1.29 is 14.6 Å². The standard InChI is InChI=1S/C14H23N3O3/c1-14(2,9-18)17(3)8-13(19)16-11-6-5-10(15)7-12(11)20-4/h5-7,18H,8-9,15H2,1-4H3,(H,16,19). The third kappa shape index (κ3) is 4.11. The average Bonchev–Trinajstić information content (AvgIpc) is 2.40. The molecule has 0 aromatic heterocycles. The number of nitrogens with two attached hydrogens (primary N) is 1. The molecule has 20 heavy (non-hydrogen) atoms. The van der Waals surface area contributed by atoms with Crippen molar-refractivity contribution in [3.63, 3.8) is 0 Å². The fourth-order valence-electron chi connectivity index (χ4n) is 1.55. The number of amides is 1. The Morgan fingerprint density at radius 3 is 2.70 bits per heavy atom. The Kier molecular flexibility index (Phi) is 5.35. The number of hydrogen-bond donors (Lipinski definition) is 3. The van der Waals surface area contributed by atoms with Gasteiger partial charge in [0, 0.05) is 17.3 Å². The molecule has 0 saturated carbocycles. The Bertz CT molecular complexity index is 475. The molecule has 4 N–H and O–H groups in total. The minimum Gasteiger partial charge on any atom is -0.494 e. The van der Waals surface area contributed by atoms with Crippen molar-refractivity contribution in [3.05, 3.63) is 18.2 Å². The van der Waals surface area contributed by atoms with Crippen LogP contribution in [0.4, 0.5) is 11.4 Å². The molecular formula is C14H23N3O3. The first-order valence-corrected chi connectivity index (χ1v) is 6.35. The number of carbonyl (C=O) groups is 1. The smallest absolute Gasteiger partial charge is 0.238 e. The first kappa shape index (κ1) is 16.3. The molecule has 0 unspecified atom stereocenters. The van der Waals surface area contributed by atoms with Gasteiger partial charge in [-0.3, -0.25) is 9.69 Å². The molecule has 6 heteroatoms. The molecule has 0 aliphatic carbocycles. The van der Waals surface area contributed by atoms with Crippen molar-refractivity contribution in [3.8, 4) is 5.75 Å². The number of benzene rings is 1. The number of ether oxygens (including phenoxy) is 1. The second kappa shape index (κ2) is 6.58. The summed E-state index contributed by atoms with van der Waals surface area (Å²) in [6.45, 7) is 3.87. The molecule has 0 atom stereocenters. The van der Waals surface area contributed by atoms with Crippen LogP contribution in [0.3, 0.4) is 0 Å². The number of carbonyl (C=O) groups excluding carboxylic acids is 1. The SMILES string of the molecule is COc1cc(N)ccc1NC(=O)CN(C)C(C)(C)CO. The largest absolute Gasteiger partial charge is 0.494 e. The third-order valence-corrected chi connectivity index (χ3v) is 3.30. The van der Waals surface area contributed by atoms with Crippen molar-refractivity contribution in [2.24, 2.45) is 0 Å². The van der Waals surface area contributed by atoms with E-state index in [9.17, 15) is 9.90 Å². The van der Waals surface area contributed by atoms with Gasteiger partial charge in [-0.05, 0) is 33.0 Å². The highest BCUT2D eigenvalue weighted by molar-refractivity contribution is 5.94. The highest BCUT2D eigenvalue weighted by atomic mass is 16.5. The van der Waals surface area contributed by atoms with Crippen molar-refractivity contribution in [2.45, 2.75) is 19.4 Å². The fourth-order valence-corrected chi connectivity index (χ4v) is 1.55. The summed E-state index contributed by atoms with van der Waals surface area (Å²) in [6, 6.07) is 5.04. The minimum absolute atomic E-state index is 0.0258. The van der Waals surface area contributed by atoms with Gasteiger partial charge in [-0.15, -0.1) is 0 Å². The van der Waals surface area contributed by atoms with Crippen LogP contribution in [0.1, 0.15) is 13.8 Å². The quantitative estimate of drug-likeness (QED) is 0.675. The van der Waals surface area contributed by atoms with E-state index in [0.29, 0.717) is 17.1 Å². The molecule has 0 bridgehead atoms. The number of nitrogens with zero attached hydrogens (tertiary/aromatic N) is 1. The minimum atomic E-state index is -0.456. The predicted octanol–water partition coefficient (Wildman–Crippen LogP) is 0.919. The zero-order valence-corrected chi connectivity index (χ0v) is 12.4. The molecular weight excluding hydrogens is 258 g/mol. The topological polar surface area (TPSA) is 87.8 Å². The van der Waals surface area contributed by atoms with Crippen molar-refractivity contribution in [1.29, 1.82) is 0 Å². The van der Waals surface area contributed by atoms with Gasteiger partial charge in [-0.25, -0.2) is 0 Å². The summed E-state index contributed by atoms with van der Waals surface area (Å²) in [4.78, 5) is 13.8. The number of methoxy groups -OCH3 is 1. The normalized spacial score (nSPS) is 11.5. The molecule has 0 fully saturated rings. The summed E-state index contributed by atoms with van der Waals surface area (Å²) < 4.78 is 5.17. The lowest BCUT2D eigenvalue weighted by atomic mass is 10.1. The van der Waals surface area contributed by atoms with Crippen LogP contribution in [-0.2, 0) is 4.79 Å². The molecule has 0 spiro atoms. The molecule has 112 valence electrons. The van der Waals surface area contributed by atoms with Gasteiger partial charge in [0.15, 0.2) is 0 Å². The lowest BCUT2D eigenvalue weighted by Crippen LogP contribution is -2.47. The highest BCUT2D eigenvalue weighted by Crippen LogP contribution is 2.26. The fraction of sp³-hybridized carbons (Fsp3) is 0.500. The Balaban J connectivity index is 2.72. The third-order valence-electron chi connectivity index (χ3n) is 3.30. The second-order valence-electron chi connectivity index (χ2n) is 5.33. The zero-order valence-electron chi connectivity index (χ0n) is 12.4. The maximum absolute atomic E-state index is 12.0. The number of nitrogens with one attached hydrogen (secondary N) is 1. The molecule has 0 heterocycles. The van der Waals surface area contributed by atoms with Crippen LogP contribution >= 0.6 is 0 Å². The average molecular weight is 281 g/mol. The van der Waals surface area contributed by atoms with Gasteiger partial charge in [-0.2, -0.15) is 0 Å². The van der Waals surface area contributed by atoms with E-state index in [2.05, 4.69) is 5.32 Å². The Morgan fingerprint density at radius 1 is 1.50 bits per heavy atom. The summed E-state index contributed by atoms with van der Waals surface area (Å²) in [5, 5.41) is 12.0. The zero-order chi connectivity index (χ0) is 15.3. The van der Waals surface area contributed by atoms with Crippen LogP contribution in [0, 0.1) is 0 Å². The highest BCUT2D eigenvalue weighted by Gasteiger charge is 2.24. The van der Waals surface area contributed by atoms with Crippen molar-refractivity contribution in [2.75, 3.05) is 38.4 Å². The summed E-state index contributed by atoms with van der Waals surface area (Å²) >= 11 is 0. The Labute approximate surface area is 119 Å². The molecule has 6 nitrogen and oxygen atoms in total. The van der Waals surface area contributed by atoms with E-state index in [1.54, 1.807) is 30.1 Å². The molecule has 1 amide bonds. The monoisotopic (exact) mass is 281 g/mol. The number of anilines is 2. The lowest BCUT2D eigenvalue weighted by molar-refractivity contribution is -0.118. The van der Waals surface area contributed by atoms with Gasteiger partial charge in [0.25, 0.3) is 0 Å². The summed E-state index contributed by atoms with van der Waals surface area (Å²) in [7, 11) is 3.31. The van der Waals surface area contributed by atoms with Crippen LogP contribution in [-0.4, -0.2) is 48.8 Å². The second-order valence-corrected chi connectivity index (χ2v) is 5.33. The van der Waals surface area contributed by atoms with Gasteiger partial charge < -0.3 is 20.9 Å². The van der Waals surface area contributed by atoms with E-state index in [1.807, 2.05) is 13.8 Å². The molecule has 0 radical (unpaired) electrons. The lowest BCUT2D eigenvalue weighted by Gasteiger charge is -2.33. The molecule has 0 saturated heterocycles. The van der Waals surface area contributed by atoms with E-state index >= 15 is 0 Å². The van der Waals surface area contributed by atoms with Crippen molar-refractivity contribution >= 4 is 17.3 Å². The van der Waals surface area contributed by atoms with Gasteiger partial charge in [0.05, 0.1) is 25.9 Å². The van der Waals surface area contributed by atoms with Crippen LogP contribution in [0.25, 0.3) is 0 Å². The maximum atomic E-state index is 12.0. The van der Waals surface area contributed by atoms with Gasteiger partial charge >= 0.3 is 0 Å². The summed E-state index contributed by atoms with van der Waals surface area (Å²) in [6.07, 6.45) is 0. The molecule has 1 rings (SSSR count). The molecule has 1 aromatic carbocycles. The van der Waals surface area contributed by atoms with E-state index in [4.69, 9.17) is 10.5 Å². The Morgan fingerprint density at radius 2 is 2.15 bits per heavy atom. The summed E-state index contributed by atoms with van der Waals surface area (Å²) in [5.74, 6) is 0.333. The Hall–Kier alpha value is -1.79. The maximum Gasteiger partial charge on any atom is 0.238 e. The van der Waals surface area contributed by atoms with Crippen LogP contribution in [0.15, 0.2) is 18.2 Å². The molecule has 0 aliphatic rings. The van der Waals surface area contributed by atoms with E-state index in [1.165, 1.54) is 7.11 Å². The van der Waals surface area contributed by atoms with Crippen LogP contribution in [0.5, 0.6) is 5.75 Å². The first-order chi connectivity index (χ1) is 9.30. The van der Waals surface area contributed by atoms with Gasteiger partial charge in [0.2, 0.25) is 5.91 Å². The summed E-state index contributed by atoms with van der Waals surface area (Å²) in [5.41, 5.74) is 6.34. The number of rotatable bonds is 6. The van der Waals surface area contributed by atoms with E-state index < -0.39 is 5.54 Å². The van der Waals surface area contributed by atoms with Gasteiger partial charge in [0.1, 0.15) is 5.75 Å². The van der Waals surface area contributed by atoms with Gasteiger partial charge in [-0.1, -0.05) is 0 Å².